The van der Waals surface area contributed by atoms with Crippen molar-refractivity contribution in [1.82, 2.24) is 10.2 Å². The van der Waals surface area contributed by atoms with Gasteiger partial charge in [-0.25, -0.2) is 8.42 Å². The minimum absolute atomic E-state index is 0.0186. The fraction of sp³-hybridized carbons (Fsp3) is 0.297. The first kappa shape index (κ1) is 34.5. The van der Waals surface area contributed by atoms with Gasteiger partial charge in [-0.2, -0.15) is 0 Å². The summed E-state index contributed by atoms with van der Waals surface area (Å²) in [5, 5.41) is 4.14. The highest BCUT2D eigenvalue weighted by Crippen LogP contribution is 2.27. The quantitative estimate of drug-likeness (QED) is 0.166. The molecular weight excluding hydrogens is 653 g/mol. The van der Waals surface area contributed by atoms with E-state index in [9.17, 15) is 18.0 Å². The Morgan fingerprint density at radius 1 is 0.809 bits per heavy atom. The van der Waals surface area contributed by atoms with Crippen LogP contribution >= 0.6 is 23.2 Å². The van der Waals surface area contributed by atoms with Crippen LogP contribution in [0.25, 0.3) is 0 Å². The van der Waals surface area contributed by atoms with Crippen LogP contribution in [0.15, 0.2) is 108 Å². The lowest BCUT2D eigenvalue weighted by Crippen LogP contribution is -2.55. The molecule has 246 valence electrons. The van der Waals surface area contributed by atoms with E-state index in [2.05, 4.69) is 5.32 Å². The topological polar surface area (TPSA) is 86.8 Å². The summed E-state index contributed by atoms with van der Waals surface area (Å²) in [6.45, 7) is 1.38. The van der Waals surface area contributed by atoms with Crippen LogP contribution in [0, 0.1) is 6.92 Å². The van der Waals surface area contributed by atoms with E-state index in [1.54, 1.807) is 54.6 Å². The second-order valence-corrected chi connectivity index (χ2v) is 14.7. The molecule has 2 amide bonds. The molecule has 0 aromatic heterocycles. The molecule has 5 rings (SSSR count). The summed E-state index contributed by atoms with van der Waals surface area (Å²) in [5.74, 6) is -0.800. The molecule has 0 radical (unpaired) electrons. The van der Waals surface area contributed by atoms with Crippen molar-refractivity contribution in [3.8, 4) is 0 Å². The van der Waals surface area contributed by atoms with Crippen molar-refractivity contribution in [2.24, 2.45) is 0 Å². The Morgan fingerprint density at radius 2 is 1.47 bits per heavy atom. The van der Waals surface area contributed by atoms with Gasteiger partial charge < -0.3 is 10.2 Å². The molecule has 0 unspecified atom stereocenters. The molecule has 1 N–H and O–H groups in total. The zero-order valence-electron chi connectivity index (χ0n) is 26.3. The largest absolute Gasteiger partial charge is 0.352 e. The molecule has 7 nitrogen and oxygen atoms in total. The number of carbonyl (C=O) groups is 2. The summed E-state index contributed by atoms with van der Waals surface area (Å²) in [5.41, 5.74) is 2.77. The standard InChI is InChI=1S/C37H39Cl2N3O4S/c1-27-15-21-34(22-16-27)47(45,46)42(33-19-17-30(38)18-20-33)26-36(43)41(25-29-11-8-12-31(39)23-29)35(24-28-9-4-2-5-10-28)37(44)40-32-13-6-3-7-14-32/h2,4-5,8-12,15-23,32,35H,3,6-7,13-14,24-26H2,1H3,(H,40,44)/t35-/m1/s1. The van der Waals surface area contributed by atoms with E-state index in [4.69, 9.17) is 23.2 Å². The first-order valence-electron chi connectivity index (χ1n) is 15.8. The van der Waals surface area contributed by atoms with Gasteiger partial charge in [0.1, 0.15) is 12.6 Å². The summed E-state index contributed by atoms with van der Waals surface area (Å²) in [6.07, 6.45) is 5.21. The Morgan fingerprint density at radius 3 is 2.13 bits per heavy atom. The van der Waals surface area contributed by atoms with Crippen molar-refractivity contribution < 1.29 is 18.0 Å². The highest BCUT2D eigenvalue weighted by molar-refractivity contribution is 7.92. The second kappa shape index (κ2) is 15.8. The van der Waals surface area contributed by atoms with Crippen molar-refractivity contribution in [1.29, 1.82) is 0 Å². The lowest BCUT2D eigenvalue weighted by atomic mass is 9.94. The average Bonchev–Trinajstić information content (AvgIpc) is 3.06. The molecule has 1 fully saturated rings. The third-order valence-corrected chi connectivity index (χ3v) is 10.7. The SMILES string of the molecule is Cc1ccc(S(=O)(=O)N(CC(=O)N(Cc2cccc(Cl)c2)[C@H](Cc2ccccc2)C(=O)NC2CCCCC2)c2ccc(Cl)cc2)cc1. The van der Waals surface area contributed by atoms with Gasteiger partial charge in [-0.05, 0) is 79.4 Å². The van der Waals surface area contributed by atoms with E-state index in [1.165, 1.54) is 17.0 Å². The molecule has 4 aromatic rings. The number of benzene rings is 4. The monoisotopic (exact) mass is 691 g/mol. The fourth-order valence-corrected chi connectivity index (χ4v) is 7.66. The molecule has 1 aliphatic rings. The molecule has 47 heavy (non-hydrogen) atoms. The number of hydrogen-bond acceptors (Lipinski definition) is 4. The number of hydrogen-bond donors (Lipinski definition) is 1. The Balaban J connectivity index is 1.56. The number of anilines is 1. The lowest BCUT2D eigenvalue weighted by molar-refractivity contribution is -0.140. The minimum Gasteiger partial charge on any atom is -0.352 e. The van der Waals surface area contributed by atoms with Crippen LogP contribution in [0.3, 0.4) is 0 Å². The van der Waals surface area contributed by atoms with Gasteiger partial charge in [0.25, 0.3) is 10.0 Å². The summed E-state index contributed by atoms with van der Waals surface area (Å²) < 4.78 is 29.4. The highest BCUT2D eigenvalue weighted by atomic mass is 35.5. The molecule has 0 aliphatic heterocycles. The molecule has 0 saturated heterocycles. The van der Waals surface area contributed by atoms with Gasteiger partial charge in [-0.1, -0.05) is 103 Å². The van der Waals surface area contributed by atoms with Crippen molar-refractivity contribution in [3.05, 3.63) is 130 Å². The first-order chi connectivity index (χ1) is 22.6. The molecule has 10 heteroatoms. The lowest BCUT2D eigenvalue weighted by Gasteiger charge is -2.35. The van der Waals surface area contributed by atoms with Crippen molar-refractivity contribution >= 4 is 50.7 Å². The number of nitrogens with zero attached hydrogens (tertiary/aromatic N) is 2. The molecule has 1 atom stereocenters. The van der Waals surface area contributed by atoms with Gasteiger partial charge in [-0.3, -0.25) is 13.9 Å². The van der Waals surface area contributed by atoms with Gasteiger partial charge >= 0.3 is 0 Å². The Labute approximate surface area is 287 Å². The van der Waals surface area contributed by atoms with E-state index in [0.29, 0.717) is 15.6 Å². The van der Waals surface area contributed by atoms with Crippen molar-refractivity contribution in [3.63, 3.8) is 0 Å². The molecule has 0 heterocycles. The molecule has 1 saturated carbocycles. The van der Waals surface area contributed by atoms with Crippen molar-refractivity contribution in [2.75, 3.05) is 10.8 Å². The Kier molecular flexibility index (Phi) is 11.6. The molecular formula is C37H39Cl2N3O4S. The van der Waals surface area contributed by atoms with Crippen LogP contribution in [0.2, 0.25) is 10.0 Å². The van der Waals surface area contributed by atoms with E-state index < -0.39 is 28.5 Å². The molecule has 1 aliphatic carbocycles. The first-order valence-corrected chi connectivity index (χ1v) is 18.0. The number of carbonyl (C=O) groups excluding carboxylic acids is 2. The average molecular weight is 693 g/mol. The number of aryl methyl sites for hydroxylation is 1. The van der Waals surface area contributed by atoms with Gasteiger partial charge in [0, 0.05) is 29.1 Å². The summed E-state index contributed by atoms with van der Waals surface area (Å²) in [6, 6.07) is 28.5. The highest BCUT2D eigenvalue weighted by Gasteiger charge is 2.35. The molecule has 0 bridgehead atoms. The van der Waals surface area contributed by atoms with E-state index in [1.807, 2.05) is 43.3 Å². The van der Waals surface area contributed by atoms with Crippen LogP contribution in [0.1, 0.15) is 48.8 Å². The normalized spacial score (nSPS) is 14.3. The van der Waals surface area contributed by atoms with Crippen LogP contribution in [-0.4, -0.2) is 43.8 Å². The minimum atomic E-state index is -4.20. The third-order valence-electron chi connectivity index (χ3n) is 8.47. The summed E-state index contributed by atoms with van der Waals surface area (Å²) >= 11 is 12.5. The van der Waals surface area contributed by atoms with Gasteiger partial charge in [0.05, 0.1) is 10.6 Å². The molecule has 0 spiro atoms. The maximum Gasteiger partial charge on any atom is 0.264 e. The number of amides is 2. The predicted octanol–water partition coefficient (Wildman–Crippen LogP) is 7.59. The Bertz CT molecular complexity index is 1760. The van der Waals surface area contributed by atoms with Crippen LogP contribution in [-0.2, 0) is 32.6 Å². The predicted molar refractivity (Wildman–Crippen MR) is 188 cm³/mol. The number of rotatable bonds is 12. The van der Waals surface area contributed by atoms with E-state index in [-0.39, 0.29) is 35.5 Å². The van der Waals surface area contributed by atoms with Gasteiger partial charge in [0.2, 0.25) is 11.8 Å². The number of halogens is 2. The maximum absolute atomic E-state index is 14.6. The third kappa shape index (κ3) is 9.15. The fourth-order valence-electron chi connectivity index (χ4n) is 5.90. The van der Waals surface area contributed by atoms with Gasteiger partial charge in [-0.15, -0.1) is 0 Å². The van der Waals surface area contributed by atoms with Crippen LogP contribution in [0.4, 0.5) is 5.69 Å². The van der Waals surface area contributed by atoms with Crippen LogP contribution < -0.4 is 9.62 Å². The smallest absolute Gasteiger partial charge is 0.264 e. The summed E-state index contributed by atoms with van der Waals surface area (Å²) in [4.78, 5) is 30.3. The van der Waals surface area contributed by atoms with Crippen molar-refractivity contribution in [2.45, 2.75) is 69.0 Å². The summed E-state index contributed by atoms with van der Waals surface area (Å²) in [7, 11) is -4.20. The van der Waals surface area contributed by atoms with E-state index >= 15 is 0 Å². The van der Waals surface area contributed by atoms with Crippen LogP contribution in [0.5, 0.6) is 0 Å². The number of sulfonamides is 1. The van der Waals surface area contributed by atoms with E-state index in [0.717, 1.165) is 47.5 Å². The zero-order chi connectivity index (χ0) is 33.4. The maximum atomic E-state index is 14.6. The second-order valence-electron chi connectivity index (χ2n) is 12.0. The Hall–Kier alpha value is -3.85. The number of nitrogens with one attached hydrogen (secondary N) is 1. The van der Waals surface area contributed by atoms with Gasteiger partial charge in [0.15, 0.2) is 0 Å². The zero-order valence-corrected chi connectivity index (χ0v) is 28.6. The molecule has 4 aromatic carbocycles.